The number of fused-ring (bicyclic) bond motifs is 2. The molecule has 1 aromatic heterocycles. The van der Waals surface area contributed by atoms with Crippen LogP contribution in [0, 0.1) is 0 Å². The van der Waals surface area contributed by atoms with Crippen LogP contribution < -0.4 is 24.3 Å². The quantitative estimate of drug-likeness (QED) is 0.517. The third kappa shape index (κ3) is 4.25. The highest BCUT2D eigenvalue weighted by molar-refractivity contribution is 7.99. The van der Waals surface area contributed by atoms with E-state index in [1.807, 2.05) is 42.5 Å². The summed E-state index contributed by atoms with van der Waals surface area (Å²) in [5.74, 6) is 2.40. The molecule has 176 valence electrons. The smallest absolute Gasteiger partial charge is 0.277 e. The number of thioether (sulfide) groups is 1. The van der Waals surface area contributed by atoms with Gasteiger partial charge in [0, 0.05) is 24.6 Å². The average Bonchev–Trinajstić information content (AvgIpc) is 3.47. The minimum atomic E-state index is -0.538. The summed E-state index contributed by atoms with van der Waals surface area (Å²) in [6.07, 6.45) is 4.68. The van der Waals surface area contributed by atoms with Crippen molar-refractivity contribution in [2.24, 2.45) is 0 Å². The standard InChI is InChI=1S/C24H23N3O6S/c28-21(25-15-8-9-18-19(12-15)33-24(32-18)10-4-1-5-11-24)14-34-23-27-26-22(31-23)20-13-29-16-6-2-3-7-17(16)30-20/h2-3,6-9,12,20H,1,4-5,10-11,13-14H2,(H,25,28)/t20-/m1/s1. The van der Waals surface area contributed by atoms with E-state index in [4.69, 9.17) is 23.4 Å². The Morgan fingerprint density at radius 1 is 1.00 bits per heavy atom. The van der Waals surface area contributed by atoms with E-state index in [-0.39, 0.29) is 23.5 Å². The number of carbonyl (C=O) groups is 1. The zero-order valence-corrected chi connectivity index (χ0v) is 19.1. The first-order chi connectivity index (χ1) is 16.7. The molecule has 1 amide bonds. The number of nitrogens with zero attached hydrogens (tertiary/aromatic N) is 2. The minimum Gasteiger partial charge on any atom is -0.485 e. The van der Waals surface area contributed by atoms with Gasteiger partial charge in [-0.15, -0.1) is 10.2 Å². The van der Waals surface area contributed by atoms with Gasteiger partial charge in [0.05, 0.1) is 5.75 Å². The molecule has 1 N–H and O–H groups in total. The summed E-state index contributed by atoms with van der Waals surface area (Å²) in [6.45, 7) is 0.273. The monoisotopic (exact) mass is 481 g/mol. The molecule has 0 saturated heterocycles. The lowest BCUT2D eigenvalue weighted by Gasteiger charge is -2.31. The summed E-state index contributed by atoms with van der Waals surface area (Å²) in [6, 6.07) is 12.9. The molecule has 2 aliphatic heterocycles. The molecule has 3 aromatic rings. The van der Waals surface area contributed by atoms with Crippen LogP contribution in [0.25, 0.3) is 0 Å². The molecule has 3 aliphatic rings. The number of carbonyl (C=O) groups excluding carboxylic acids is 1. The van der Waals surface area contributed by atoms with Crippen molar-refractivity contribution < 1.29 is 28.2 Å². The van der Waals surface area contributed by atoms with Gasteiger partial charge in [0.2, 0.25) is 12.0 Å². The van der Waals surface area contributed by atoms with Gasteiger partial charge in [-0.3, -0.25) is 4.79 Å². The second-order valence-corrected chi connectivity index (χ2v) is 9.37. The largest absolute Gasteiger partial charge is 0.485 e. The van der Waals surface area contributed by atoms with Crippen molar-refractivity contribution in [3.8, 4) is 23.0 Å². The minimum absolute atomic E-state index is 0.116. The Balaban J connectivity index is 1.03. The van der Waals surface area contributed by atoms with E-state index in [1.54, 1.807) is 0 Å². The van der Waals surface area contributed by atoms with Gasteiger partial charge in [0.15, 0.2) is 23.0 Å². The summed E-state index contributed by atoms with van der Waals surface area (Å²) in [5.41, 5.74) is 0.651. The summed E-state index contributed by atoms with van der Waals surface area (Å²) < 4.78 is 29.5. The van der Waals surface area contributed by atoms with Crippen molar-refractivity contribution in [1.29, 1.82) is 0 Å². The number of nitrogens with one attached hydrogen (secondary N) is 1. The van der Waals surface area contributed by atoms with Crippen LogP contribution in [0.3, 0.4) is 0 Å². The molecule has 0 bridgehead atoms. The van der Waals surface area contributed by atoms with Crippen molar-refractivity contribution in [3.05, 3.63) is 48.4 Å². The van der Waals surface area contributed by atoms with Crippen LogP contribution in [0.4, 0.5) is 5.69 Å². The van der Waals surface area contributed by atoms with Gasteiger partial charge in [0.25, 0.3) is 16.9 Å². The predicted molar refractivity (Wildman–Crippen MR) is 122 cm³/mol. The number of amides is 1. The molecular weight excluding hydrogens is 458 g/mol. The molecule has 1 fully saturated rings. The molecule has 1 atom stereocenters. The maximum absolute atomic E-state index is 12.5. The summed E-state index contributed by atoms with van der Waals surface area (Å²) in [5, 5.41) is 11.2. The molecule has 0 unspecified atom stereocenters. The SMILES string of the molecule is O=C(CSc1nnc([C@H]2COc3ccccc3O2)o1)Nc1ccc2c(c1)OC1(CCCCC1)O2. The number of anilines is 1. The van der Waals surface area contributed by atoms with Crippen molar-refractivity contribution in [1.82, 2.24) is 10.2 Å². The van der Waals surface area contributed by atoms with Crippen LogP contribution in [-0.4, -0.2) is 34.3 Å². The highest BCUT2D eigenvalue weighted by Gasteiger charge is 2.42. The van der Waals surface area contributed by atoms with E-state index in [0.717, 1.165) is 43.2 Å². The lowest BCUT2D eigenvalue weighted by molar-refractivity contribution is -0.113. The predicted octanol–water partition coefficient (Wildman–Crippen LogP) is 4.74. The highest BCUT2D eigenvalue weighted by atomic mass is 32.2. The van der Waals surface area contributed by atoms with E-state index in [1.165, 1.54) is 6.42 Å². The number of benzene rings is 2. The second kappa shape index (κ2) is 8.75. The van der Waals surface area contributed by atoms with E-state index in [0.29, 0.717) is 28.8 Å². The Morgan fingerprint density at radius 2 is 1.82 bits per heavy atom. The Bertz CT molecular complexity index is 1210. The average molecular weight is 482 g/mol. The van der Waals surface area contributed by atoms with E-state index >= 15 is 0 Å². The van der Waals surface area contributed by atoms with Crippen LogP contribution in [0.15, 0.2) is 52.1 Å². The first-order valence-corrected chi connectivity index (χ1v) is 12.3. The van der Waals surface area contributed by atoms with Crippen molar-refractivity contribution in [2.75, 3.05) is 17.7 Å². The zero-order chi connectivity index (χ0) is 23.0. The molecule has 1 spiro atoms. The van der Waals surface area contributed by atoms with E-state index in [2.05, 4.69) is 15.5 Å². The number of ether oxygens (including phenoxy) is 4. The van der Waals surface area contributed by atoms with Crippen LogP contribution in [0.5, 0.6) is 23.0 Å². The fraction of sp³-hybridized carbons (Fsp3) is 0.375. The van der Waals surface area contributed by atoms with Crippen molar-refractivity contribution in [3.63, 3.8) is 0 Å². The molecule has 0 radical (unpaired) electrons. The molecule has 1 aliphatic carbocycles. The maximum Gasteiger partial charge on any atom is 0.277 e. The Labute approximate surface area is 200 Å². The molecular formula is C24H23N3O6S. The third-order valence-electron chi connectivity index (χ3n) is 5.97. The van der Waals surface area contributed by atoms with Crippen LogP contribution in [0.2, 0.25) is 0 Å². The molecule has 34 heavy (non-hydrogen) atoms. The van der Waals surface area contributed by atoms with E-state index in [9.17, 15) is 4.79 Å². The number of rotatable bonds is 5. The highest BCUT2D eigenvalue weighted by Crippen LogP contribution is 2.46. The number of hydrogen-bond acceptors (Lipinski definition) is 9. The van der Waals surface area contributed by atoms with Crippen LogP contribution >= 0.6 is 11.8 Å². The lowest BCUT2D eigenvalue weighted by atomic mass is 9.94. The van der Waals surface area contributed by atoms with Gasteiger partial charge in [0.1, 0.15) is 6.61 Å². The van der Waals surface area contributed by atoms with Crippen LogP contribution in [0.1, 0.15) is 44.1 Å². The number of hydrogen-bond donors (Lipinski definition) is 1. The van der Waals surface area contributed by atoms with Crippen LogP contribution in [-0.2, 0) is 4.79 Å². The molecule has 1 saturated carbocycles. The van der Waals surface area contributed by atoms with Gasteiger partial charge in [-0.05, 0) is 37.1 Å². The van der Waals surface area contributed by atoms with Gasteiger partial charge < -0.3 is 28.7 Å². The molecule has 3 heterocycles. The lowest BCUT2D eigenvalue weighted by Crippen LogP contribution is -2.40. The molecule has 10 heteroatoms. The Kier molecular flexibility index (Phi) is 5.44. The normalized spacial score (nSPS) is 19.7. The molecule has 2 aromatic carbocycles. The van der Waals surface area contributed by atoms with E-state index < -0.39 is 11.9 Å². The Morgan fingerprint density at radius 3 is 2.71 bits per heavy atom. The number of aromatic nitrogens is 2. The van der Waals surface area contributed by atoms with Gasteiger partial charge in [-0.25, -0.2) is 0 Å². The second-order valence-electron chi connectivity index (χ2n) is 8.44. The van der Waals surface area contributed by atoms with Crippen molar-refractivity contribution >= 4 is 23.4 Å². The molecule has 9 nitrogen and oxygen atoms in total. The first-order valence-electron chi connectivity index (χ1n) is 11.3. The van der Waals surface area contributed by atoms with Gasteiger partial charge in [-0.2, -0.15) is 0 Å². The topological polar surface area (TPSA) is 105 Å². The first kappa shape index (κ1) is 21.2. The molecule has 6 rings (SSSR count). The number of para-hydroxylation sites is 2. The van der Waals surface area contributed by atoms with Gasteiger partial charge >= 0.3 is 0 Å². The summed E-state index contributed by atoms with van der Waals surface area (Å²) >= 11 is 1.16. The Hall–Kier alpha value is -3.40. The summed E-state index contributed by atoms with van der Waals surface area (Å²) in [4.78, 5) is 12.5. The third-order valence-corrected chi connectivity index (χ3v) is 6.79. The summed E-state index contributed by atoms with van der Waals surface area (Å²) in [7, 11) is 0. The fourth-order valence-electron chi connectivity index (χ4n) is 4.34. The zero-order valence-electron chi connectivity index (χ0n) is 18.3. The fourth-order valence-corrected chi connectivity index (χ4v) is 4.91. The maximum atomic E-state index is 12.5. The van der Waals surface area contributed by atoms with Gasteiger partial charge in [-0.1, -0.05) is 30.3 Å². The van der Waals surface area contributed by atoms with Crippen molar-refractivity contribution in [2.45, 2.75) is 49.2 Å².